The fourth-order valence-corrected chi connectivity index (χ4v) is 2.57. The van der Waals surface area contributed by atoms with Gasteiger partial charge in [-0.3, -0.25) is 4.79 Å². The average Bonchev–Trinajstić information content (AvgIpc) is 2.89. The zero-order valence-corrected chi connectivity index (χ0v) is 11.6. The molecule has 0 spiro atoms. The number of fused-ring (bicyclic) bond motifs is 1. The highest BCUT2D eigenvalue weighted by molar-refractivity contribution is 5.71. The minimum atomic E-state index is -0.806. The van der Waals surface area contributed by atoms with Crippen LogP contribution in [0.3, 0.4) is 0 Å². The number of nitriles is 1. The number of rotatable bonds is 6. The van der Waals surface area contributed by atoms with Crippen LogP contribution in [-0.4, -0.2) is 22.6 Å². The summed E-state index contributed by atoms with van der Waals surface area (Å²) in [4.78, 5) is 15.6. The fourth-order valence-electron chi connectivity index (χ4n) is 2.57. The van der Waals surface area contributed by atoms with E-state index in [1.807, 2.05) is 13.0 Å². The first-order chi connectivity index (χ1) is 9.65. The van der Waals surface area contributed by atoms with Gasteiger partial charge in [-0.05, 0) is 37.3 Å². The molecule has 0 amide bonds. The maximum atomic E-state index is 11.1. The zero-order chi connectivity index (χ0) is 14.5. The summed E-state index contributed by atoms with van der Waals surface area (Å²) in [6, 6.07) is 4.02. The van der Waals surface area contributed by atoms with E-state index >= 15 is 0 Å². The van der Waals surface area contributed by atoms with Crippen molar-refractivity contribution in [3.05, 3.63) is 22.9 Å². The van der Waals surface area contributed by atoms with Crippen LogP contribution in [0.4, 0.5) is 5.82 Å². The van der Waals surface area contributed by atoms with Crippen molar-refractivity contribution < 1.29 is 9.90 Å². The van der Waals surface area contributed by atoms with Gasteiger partial charge >= 0.3 is 5.97 Å². The highest BCUT2D eigenvalue weighted by Gasteiger charge is 2.19. The smallest absolute Gasteiger partial charge is 0.308 e. The first-order valence-corrected chi connectivity index (χ1v) is 7.05. The third-order valence-electron chi connectivity index (χ3n) is 3.67. The van der Waals surface area contributed by atoms with E-state index in [4.69, 9.17) is 5.11 Å². The Balaban J connectivity index is 2.13. The van der Waals surface area contributed by atoms with Crippen molar-refractivity contribution in [1.29, 1.82) is 5.26 Å². The SMILES string of the molecule is CCCC(CNc1nc2c(cc1C#N)CCC2)C(=O)O. The molecule has 0 radical (unpaired) electrons. The largest absolute Gasteiger partial charge is 0.481 e. The van der Waals surface area contributed by atoms with Gasteiger partial charge in [0.15, 0.2) is 0 Å². The van der Waals surface area contributed by atoms with E-state index in [0.717, 1.165) is 36.9 Å². The molecule has 1 aromatic rings. The van der Waals surface area contributed by atoms with Crippen LogP contribution in [-0.2, 0) is 17.6 Å². The number of pyridine rings is 1. The third-order valence-corrected chi connectivity index (χ3v) is 3.67. The molecule has 1 unspecified atom stereocenters. The Hall–Kier alpha value is -2.09. The van der Waals surface area contributed by atoms with Crippen molar-refractivity contribution in [3.63, 3.8) is 0 Å². The molecule has 0 saturated carbocycles. The Morgan fingerprint density at radius 3 is 3.05 bits per heavy atom. The highest BCUT2D eigenvalue weighted by Crippen LogP contribution is 2.25. The van der Waals surface area contributed by atoms with Gasteiger partial charge in [0.05, 0.1) is 11.5 Å². The summed E-state index contributed by atoms with van der Waals surface area (Å²) in [5.74, 6) is -0.726. The van der Waals surface area contributed by atoms with E-state index in [2.05, 4.69) is 16.4 Å². The number of aromatic nitrogens is 1. The molecule has 0 saturated heterocycles. The maximum absolute atomic E-state index is 11.1. The van der Waals surface area contributed by atoms with Crippen LogP contribution in [0.2, 0.25) is 0 Å². The molecule has 1 atom stereocenters. The summed E-state index contributed by atoms with van der Waals surface area (Å²) < 4.78 is 0. The van der Waals surface area contributed by atoms with Crippen LogP contribution in [0.5, 0.6) is 0 Å². The standard InChI is InChI=1S/C15H19N3O2/c1-2-4-11(15(19)20)9-17-14-12(8-16)7-10-5-3-6-13(10)18-14/h7,11H,2-6,9H2,1H3,(H,17,18)(H,19,20). The van der Waals surface area contributed by atoms with Crippen molar-refractivity contribution in [2.24, 2.45) is 5.92 Å². The molecule has 2 N–H and O–H groups in total. The van der Waals surface area contributed by atoms with Crippen LogP contribution < -0.4 is 5.32 Å². The molecule has 0 bridgehead atoms. The number of aryl methyl sites for hydroxylation is 2. The lowest BCUT2D eigenvalue weighted by Crippen LogP contribution is -2.23. The van der Waals surface area contributed by atoms with Crippen molar-refractivity contribution >= 4 is 11.8 Å². The number of carboxylic acid groups (broad SMARTS) is 1. The van der Waals surface area contributed by atoms with Gasteiger partial charge in [0.1, 0.15) is 11.9 Å². The second kappa shape index (κ2) is 6.38. The van der Waals surface area contributed by atoms with E-state index in [1.165, 1.54) is 0 Å². The number of hydrogen-bond donors (Lipinski definition) is 2. The molecule has 1 aromatic heterocycles. The monoisotopic (exact) mass is 273 g/mol. The van der Waals surface area contributed by atoms with E-state index in [9.17, 15) is 10.1 Å². The predicted molar refractivity (Wildman–Crippen MR) is 75.5 cm³/mol. The zero-order valence-electron chi connectivity index (χ0n) is 11.6. The first-order valence-electron chi connectivity index (χ1n) is 7.05. The van der Waals surface area contributed by atoms with Crippen molar-refractivity contribution in [2.45, 2.75) is 39.0 Å². The topological polar surface area (TPSA) is 86.0 Å². The molecule has 5 heteroatoms. The normalized spacial score (nSPS) is 14.4. The van der Waals surface area contributed by atoms with Gasteiger partial charge in [0.2, 0.25) is 0 Å². The minimum Gasteiger partial charge on any atom is -0.481 e. The molecule has 1 aliphatic carbocycles. The Labute approximate surface area is 118 Å². The number of aliphatic carboxylic acids is 1. The van der Waals surface area contributed by atoms with E-state index in [-0.39, 0.29) is 0 Å². The van der Waals surface area contributed by atoms with Crippen LogP contribution in [0.25, 0.3) is 0 Å². The number of carbonyl (C=O) groups is 1. The number of hydrogen-bond acceptors (Lipinski definition) is 4. The molecular formula is C15H19N3O2. The van der Waals surface area contributed by atoms with Gasteiger partial charge < -0.3 is 10.4 Å². The summed E-state index contributed by atoms with van der Waals surface area (Å²) in [5, 5.41) is 21.4. The quantitative estimate of drug-likeness (QED) is 0.831. The molecular weight excluding hydrogens is 254 g/mol. The molecule has 1 heterocycles. The summed E-state index contributed by atoms with van der Waals surface area (Å²) in [6.07, 6.45) is 4.43. The molecule has 0 aliphatic heterocycles. The lowest BCUT2D eigenvalue weighted by molar-refractivity contribution is -0.141. The Kier molecular flexibility index (Phi) is 4.57. The Bertz CT molecular complexity index is 549. The van der Waals surface area contributed by atoms with Gasteiger partial charge in [0, 0.05) is 12.2 Å². The molecule has 106 valence electrons. The van der Waals surface area contributed by atoms with Crippen LogP contribution in [0.15, 0.2) is 6.07 Å². The van der Waals surface area contributed by atoms with Gasteiger partial charge in [-0.15, -0.1) is 0 Å². The summed E-state index contributed by atoms with van der Waals surface area (Å²) in [7, 11) is 0. The van der Waals surface area contributed by atoms with Gasteiger partial charge in [-0.1, -0.05) is 13.3 Å². The van der Waals surface area contributed by atoms with E-state index in [1.54, 1.807) is 0 Å². The Morgan fingerprint density at radius 2 is 2.40 bits per heavy atom. The van der Waals surface area contributed by atoms with Crippen molar-refractivity contribution in [3.8, 4) is 6.07 Å². The van der Waals surface area contributed by atoms with E-state index < -0.39 is 11.9 Å². The predicted octanol–water partition coefficient (Wildman–Crippen LogP) is 2.35. The summed E-state index contributed by atoms with van der Waals surface area (Å²) in [6.45, 7) is 2.27. The lowest BCUT2D eigenvalue weighted by Gasteiger charge is -2.14. The molecule has 2 rings (SSSR count). The van der Waals surface area contributed by atoms with Crippen molar-refractivity contribution in [2.75, 3.05) is 11.9 Å². The van der Waals surface area contributed by atoms with Crippen LogP contribution >= 0.6 is 0 Å². The van der Waals surface area contributed by atoms with Gasteiger partial charge in [0.25, 0.3) is 0 Å². The van der Waals surface area contributed by atoms with E-state index in [0.29, 0.717) is 24.3 Å². The molecule has 20 heavy (non-hydrogen) atoms. The molecule has 0 fully saturated rings. The summed E-state index contributed by atoms with van der Waals surface area (Å²) >= 11 is 0. The van der Waals surface area contributed by atoms with Crippen LogP contribution in [0, 0.1) is 17.2 Å². The average molecular weight is 273 g/mol. The number of nitrogens with one attached hydrogen (secondary N) is 1. The third kappa shape index (κ3) is 3.08. The molecule has 0 aromatic carbocycles. The number of carboxylic acids is 1. The maximum Gasteiger partial charge on any atom is 0.308 e. The lowest BCUT2D eigenvalue weighted by atomic mass is 10.0. The minimum absolute atomic E-state index is 0.309. The fraction of sp³-hybridized carbons (Fsp3) is 0.533. The second-order valence-corrected chi connectivity index (χ2v) is 5.16. The second-order valence-electron chi connectivity index (χ2n) is 5.16. The van der Waals surface area contributed by atoms with Gasteiger partial charge in [-0.2, -0.15) is 5.26 Å². The molecule has 1 aliphatic rings. The molecule has 5 nitrogen and oxygen atoms in total. The Morgan fingerprint density at radius 1 is 1.60 bits per heavy atom. The number of anilines is 1. The first kappa shape index (κ1) is 14.3. The number of nitrogens with zero attached hydrogens (tertiary/aromatic N) is 2. The van der Waals surface area contributed by atoms with Gasteiger partial charge in [-0.25, -0.2) is 4.98 Å². The highest BCUT2D eigenvalue weighted by atomic mass is 16.4. The summed E-state index contributed by atoms with van der Waals surface area (Å²) in [5.41, 5.74) is 2.69. The van der Waals surface area contributed by atoms with Crippen molar-refractivity contribution in [1.82, 2.24) is 4.98 Å². The van der Waals surface area contributed by atoms with Crippen LogP contribution in [0.1, 0.15) is 43.0 Å².